The molecule has 0 amide bonds. The number of hydrogen-bond acceptors (Lipinski definition) is 5. The van der Waals surface area contributed by atoms with Crippen LogP contribution in [0.25, 0.3) is 56.4 Å². The van der Waals surface area contributed by atoms with E-state index in [-0.39, 0.29) is 10.8 Å². The average molecular weight is 769 g/mol. The van der Waals surface area contributed by atoms with Gasteiger partial charge in [0.25, 0.3) is 0 Å². The van der Waals surface area contributed by atoms with Crippen LogP contribution in [0.15, 0.2) is 168 Å². The van der Waals surface area contributed by atoms with Crippen LogP contribution in [0.3, 0.4) is 0 Å². The summed E-state index contributed by atoms with van der Waals surface area (Å²) in [6, 6.07) is 56.7. The highest BCUT2D eigenvalue weighted by Crippen LogP contribution is 2.63. The smallest absolute Gasteiger partial charge is 0.165 e. The number of nitrogens with zero attached hydrogens (tertiary/aromatic N) is 4. The molecule has 282 valence electrons. The summed E-state index contributed by atoms with van der Waals surface area (Å²) >= 11 is 1.82. The van der Waals surface area contributed by atoms with E-state index in [0.29, 0.717) is 17.5 Å². The Morgan fingerprint density at radius 1 is 0.379 bits per heavy atom. The predicted octanol–water partition coefficient (Wildman–Crippen LogP) is 13.4. The number of fused-ring (bicyclic) bond motifs is 9. The third-order valence-corrected chi connectivity index (χ3v) is 12.8. The molecule has 10 rings (SSSR count). The molecule has 0 atom stereocenters. The molecular weight excluding hydrogens is 725 g/mol. The van der Waals surface area contributed by atoms with Crippen LogP contribution in [0.5, 0.6) is 0 Å². The van der Waals surface area contributed by atoms with Crippen molar-refractivity contribution in [3.63, 3.8) is 0 Å². The second-order valence-electron chi connectivity index (χ2n) is 17.5. The SMILES string of the molecule is CC(C)(C)c1ccc(-c2ccc(-c3nc(-c4ccccc4)nc(-c4cccc5c4Sc4ccccc4C54c5ccccc5-c5ccccc54)n3)cc2)c(C(C)(C)C)n1. The van der Waals surface area contributed by atoms with Crippen LogP contribution >= 0.6 is 11.8 Å². The van der Waals surface area contributed by atoms with Crippen LogP contribution in [0.2, 0.25) is 0 Å². The summed E-state index contributed by atoms with van der Waals surface area (Å²) in [6.45, 7) is 13.4. The van der Waals surface area contributed by atoms with Gasteiger partial charge in [0.05, 0.1) is 11.1 Å². The van der Waals surface area contributed by atoms with Gasteiger partial charge in [0, 0.05) is 48.6 Å². The maximum atomic E-state index is 5.32. The Morgan fingerprint density at radius 2 is 0.897 bits per heavy atom. The van der Waals surface area contributed by atoms with Gasteiger partial charge >= 0.3 is 0 Å². The van der Waals surface area contributed by atoms with Gasteiger partial charge in [-0.2, -0.15) is 0 Å². The Kier molecular flexibility index (Phi) is 8.40. The molecule has 0 saturated carbocycles. The van der Waals surface area contributed by atoms with E-state index in [2.05, 4.69) is 181 Å². The zero-order chi connectivity index (χ0) is 39.8. The van der Waals surface area contributed by atoms with Crippen molar-refractivity contribution in [2.45, 2.75) is 67.6 Å². The third-order valence-electron chi connectivity index (χ3n) is 11.6. The van der Waals surface area contributed by atoms with Crippen LogP contribution < -0.4 is 0 Å². The second-order valence-corrected chi connectivity index (χ2v) is 18.5. The summed E-state index contributed by atoms with van der Waals surface area (Å²) in [4.78, 5) is 23.3. The maximum absolute atomic E-state index is 5.32. The Balaban J connectivity index is 1.15. The van der Waals surface area contributed by atoms with Gasteiger partial charge < -0.3 is 0 Å². The molecule has 2 aliphatic rings. The molecule has 58 heavy (non-hydrogen) atoms. The first-order valence-corrected chi connectivity index (χ1v) is 20.9. The van der Waals surface area contributed by atoms with Crippen LogP contribution in [0.4, 0.5) is 0 Å². The fourth-order valence-corrected chi connectivity index (χ4v) is 10.2. The highest BCUT2D eigenvalue weighted by Gasteiger charge is 2.50. The average Bonchev–Trinajstić information content (AvgIpc) is 3.53. The van der Waals surface area contributed by atoms with Crippen molar-refractivity contribution in [2.75, 3.05) is 0 Å². The molecule has 5 heteroatoms. The maximum Gasteiger partial charge on any atom is 0.165 e. The lowest BCUT2D eigenvalue weighted by Crippen LogP contribution is -2.32. The normalized spacial score (nSPS) is 13.8. The molecule has 4 nitrogen and oxygen atoms in total. The van der Waals surface area contributed by atoms with E-state index < -0.39 is 5.41 Å². The molecule has 0 radical (unpaired) electrons. The van der Waals surface area contributed by atoms with Gasteiger partial charge in [0.2, 0.25) is 0 Å². The molecule has 1 aliphatic carbocycles. The van der Waals surface area contributed by atoms with E-state index in [1.165, 1.54) is 43.2 Å². The number of rotatable bonds is 4. The van der Waals surface area contributed by atoms with Crippen molar-refractivity contribution in [3.05, 3.63) is 191 Å². The molecule has 0 saturated heterocycles. The van der Waals surface area contributed by atoms with Gasteiger partial charge in [-0.1, -0.05) is 199 Å². The zero-order valence-electron chi connectivity index (χ0n) is 33.7. The molecular formula is C53H44N4S. The van der Waals surface area contributed by atoms with E-state index in [1.54, 1.807) is 0 Å². The summed E-state index contributed by atoms with van der Waals surface area (Å²) in [7, 11) is 0. The molecule has 0 unspecified atom stereocenters. The lowest BCUT2D eigenvalue weighted by Gasteiger charge is -2.40. The van der Waals surface area contributed by atoms with E-state index >= 15 is 0 Å². The molecule has 3 heterocycles. The fourth-order valence-electron chi connectivity index (χ4n) is 8.88. The number of hydrogen-bond donors (Lipinski definition) is 0. The Morgan fingerprint density at radius 3 is 1.53 bits per heavy atom. The Labute approximate surface area is 345 Å². The van der Waals surface area contributed by atoms with Crippen molar-refractivity contribution in [1.29, 1.82) is 0 Å². The van der Waals surface area contributed by atoms with E-state index in [4.69, 9.17) is 19.9 Å². The first-order chi connectivity index (χ1) is 28.0. The van der Waals surface area contributed by atoms with Gasteiger partial charge in [-0.15, -0.1) is 0 Å². The molecule has 0 fully saturated rings. The van der Waals surface area contributed by atoms with Crippen LogP contribution in [0, 0.1) is 0 Å². The summed E-state index contributed by atoms with van der Waals surface area (Å²) in [5.74, 6) is 1.94. The van der Waals surface area contributed by atoms with Crippen molar-refractivity contribution in [2.24, 2.45) is 0 Å². The van der Waals surface area contributed by atoms with Crippen molar-refractivity contribution in [1.82, 2.24) is 19.9 Å². The molecule has 8 aromatic rings. The predicted molar refractivity (Wildman–Crippen MR) is 238 cm³/mol. The van der Waals surface area contributed by atoms with E-state index in [9.17, 15) is 0 Å². The van der Waals surface area contributed by atoms with Gasteiger partial charge in [0.1, 0.15) is 0 Å². The number of aromatic nitrogens is 4. The lowest BCUT2D eigenvalue weighted by atomic mass is 9.67. The highest BCUT2D eigenvalue weighted by molar-refractivity contribution is 7.99. The summed E-state index contributed by atoms with van der Waals surface area (Å²) < 4.78 is 0. The highest BCUT2D eigenvalue weighted by atomic mass is 32.2. The first kappa shape index (κ1) is 36.2. The molecule has 0 N–H and O–H groups in total. The Bertz CT molecular complexity index is 2840. The molecule has 6 aromatic carbocycles. The minimum absolute atomic E-state index is 0.0399. The van der Waals surface area contributed by atoms with Gasteiger partial charge in [-0.05, 0) is 51.1 Å². The fraction of sp³-hybridized carbons (Fsp3) is 0.170. The zero-order valence-corrected chi connectivity index (χ0v) is 34.5. The largest absolute Gasteiger partial charge is 0.256 e. The topological polar surface area (TPSA) is 51.6 Å². The third kappa shape index (κ3) is 5.74. The monoisotopic (exact) mass is 768 g/mol. The summed E-state index contributed by atoms with van der Waals surface area (Å²) in [5, 5.41) is 0. The standard InChI is InChI=1S/C53H44N4S/c1-51(2,3)45-32-31-36(47(54-45)52(4,5)6)33-27-29-35(30-28-33)49-55-48(34-17-8-7-9-18-34)56-50(57-49)39-21-16-25-43-46(39)58-44-26-15-14-24-42(44)53(43)40-22-12-10-19-37(40)38-20-11-13-23-41(38)53/h7-32H,1-6H3. The van der Waals surface area contributed by atoms with Gasteiger partial charge in [-0.25, -0.2) is 15.0 Å². The summed E-state index contributed by atoms with van der Waals surface area (Å²) in [5.41, 5.74) is 14.4. The Hall–Kier alpha value is -6.17. The van der Waals surface area contributed by atoms with Crippen LogP contribution in [-0.2, 0) is 16.2 Å². The molecule has 1 aliphatic heterocycles. The molecule has 1 spiro atoms. The van der Waals surface area contributed by atoms with Gasteiger partial charge in [-0.3, -0.25) is 4.98 Å². The minimum atomic E-state index is -0.486. The molecule has 0 bridgehead atoms. The first-order valence-electron chi connectivity index (χ1n) is 20.1. The van der Waals surface area contributed by atoms with Crippen molar-refractivity contribution in [3.8, 4) is 56.4 Å². The minimum Gasteiger partial charge on any atom is -0.256 e. The van der Waals surface area contributed by atoms with E-state index in [1.807, 2.05) is 30.0 Å². The van der Waals surface area contributed by atoms with Crippen molar-refractivity contribution < 1.29 is 0 Å². The lowest BCUT2D eigenvalue weighted by molar-refractivity contribution is 0.532. The van der Waals surface area contributed by atoms with E-state index in [0.717, 1.165) is 39.2 Å². The second kappa shape index (κ2) is 13.5. The number of benzene rings is 6. The number of pyridine rings is 1. The van der Waals surface area contributed by atoms with Crippen LogP contribution in [-0.4, -0.2) is 19.9 Å². The van der Waals surface area contributed by atoms with Crippen LogP contribution in [0.1, 0.15) is 75.2 Å². The van der Waals surface area contributed by atoms with Gasteiger partial charge in [0.15, 0.2) is 17.5 Å². The quantitative estimate of drug-likeness (QED) is 0.178. The summed E-state index contributed by atoms with van der Waals surface area (Å²) in [6.07, 6.45) is 0. The van der Waals surface area contributed by atoms with Crippen molar-refractivity contribution >= 4 is 11.8 Å². The molecule has 2 aromatic heterocycles.